The number of hydrogen-bond donors (Lipinski definition) is 1. The predicted octanol–water partition coefficient (Wildman–Crippen LogP) is 2.41. The summed E-state index contributed by atoms with van der Waals surface area (Å²) in [6, 6.07) is 1.34. The van der Waals surface area contributed by atoms with Crippen LogP contribution in [0, 0.1) is 5.92 Å². The van der Waals surface area contributed by atoms with E-state index in [1.807, 2.05) is 0 Å². The molecule has 3 heteroatoms. The summed E-state index contributed by atoms with van der Waals surface area (Å²) in [6.45, 7) is 9.06. The van der Waals surface area contributed by atoms with E-state index < -0.39 is 0 Å². The third-order valence-electron chi connectivity index (χ3n) is 5.63. The smallest absolute Gasteiger partial charge is 0.0622 e. The minimum atomic E-state index is 0.446. The third kappa shape index (κ3) is 2.70. The Bertz CT molecular complexity index is 293. The highest BCUT2D eigenvalue weighted by Gasteiger charge is 2.46. The first kappa shape index (κ1) is 13.8. The molecule has 110 valence electrons. The van der Waals surface area contributed by atoms with E-state index in [2.05, 4.69) is 24.1 Å². The first-order valence-corrected chi connectivity index (χ1v) is 8.29. The minimum absolute atomic E-state index is 0.446. The van der Waals surface area contributed by atoms with Gasteiger partial charge in [0.1, 0.15) is 0 Å². The van der Waals surface area contributed by atoms with Crippen LogP contribution in [-0.4, -0.2) is 48.8 Å². The molecule has 0 radical (unpaired) electrons. The number of rotatable bonds is 2. The molecule has 2 aliphatic heterocycles. The van der Waals surface area contributed by atoms with Crippen LogP contribution in [0.3, 0.4) is 0 Å². The highest BCUT2D eigenvalue weighted by Crippen LogP contribution is 2.38. The quantitative estimate of drug-likeness (QED) is 0.830. The highest BCUT2D eigenvalue weighted by molar-refractivity contribution is 5.03. The van der Waals surface area contributed by atoms with Gasteiger partial charge in [0, 0.05) is 37.3 Å². The molecule has 2 saturated heterocycles. The minimum Gasteiger partial charge on any atom is -0.380 e. The Morgan fingerprint density at radius 3 is 2.63 bits per heavy atom. The second-order valence-corrected chi connectivity index (χ2v) is 7.19. The standard InChI is InChI=1S/C16H30N2O/c1-13(2)15-10-18(14-6-9-19-11-14)16(12-17-15)7-4-3-5-8-16/h13-15,17H,3-12H2,1-2H3. The molecular weight excluding hydrogens is 236 g/mol. The number of hydrogen-bond acceptors (Lipinski definition) is 3. The van der Waals surface area contributed by atoms with E-state index in [-0.39, 0.29) is 0 Å². The van der Waals surface area contributed by atoms with E-state index in [0.29, 0.717) is 17.6 Å². The van der Waals surface area contributed by atoms with Crippen molar-refractivity contribution in [3.05, 3.63) is 0 Å². The van der Waals surface area contributed by atoms with Gasteiger partial charge in [0.15, 0.2) is 0 Å². The maximum Gasteiger partial charge on any atom is 0.0622 e. The SMILES string of the molecule is CC(C)C1CN(C2CCOC2)C2(CCCCC2)CN1. The second-order valence-electron chi connectivity index (χ2n) is 7.19. The van der Waals surface area contributed by atoms with E-state index in [1.54, 1.807) is 0 Å². The van der Waals surface area contributed by atoms with Gasteiger partial charge in [-0.1, -0.05) is 33.1 Å². The van der Waals surface area contributed by atoms with Crippen molar-refractivity contribution in [1.29, 1.82) is 0 Å². The molecule has 1 aliphatic carbocycles. The fourth-order valence-electron chi connectivity index (χ4n) is 4.32. The van der Waals surface area contributed by atoms with Gasteiger partial charge in [0.2, 0.25) is 0 Å². The van der Waals surface area contributed by atoms with E-state index in [0.717, 1.165) is 19.1 Å². The number of nitrogens with zero attached hydrogens (tertiary/aromatic N) is 1. The molecule has 3 aliphatic rings. The summed E-state index contributed by atoms with van der Waals surface area (Å²) in [5.41, 5.74) is 0.446. The average Bonchev–Trinajstić information content (AvgIpc) is 2.93. The van der Waals surface area contributed by atoms with Gasteiger partial charge in [-0.25, -0.2) is 0 Å². The summed E-state index contributed by atoms with van der Waals surface area (Å²) in [5, 5.41) is 3.85. The number of nitrogens with one attached hydrogen (secondary N) is 1. The van der Waals surface area contributed by atoms with Crippen LogP contribution in [-0.2, 0) is 4.74 Å². The lowest BCUT2D eigenvalue weighted by Gasteiger charge is -2.55. The number of ether oxygens (including phenoxy) is 1. The lowest BCUT2D eigenvalue weighted by Crippen LogP contribution is -2.68. The molecular formula is C16H30N2O. The maximum atomic E-state index is 5.68. The van der Waals surface area contributed by atoms with Crippen molar-refractivity contribution in [1.82, 2.24) is 10.2 Å². The van der Waals surface area contributed by atoms with Crippen molar-refractivity contribution in [3.63, 3.8) is 0 Å². The van der Waals surface area contributed by atoms with Crippen molar-refractivity contribution >= 4 is 0 Å². The van der Waals surface area contributed by atoms with Crippen LogP contribution in [0.15, 0.2) is 0 Å². The third-order valence-corrected chi connectivity index (χ3v) is 5.63. The van der Waals surface area contributed by atoms with Gasteiger partial charge < -0.3 is 10.1 Å². The monoisotopic (exact) mass is 266 g/mol. The normalized spacial score (nSPS) is 36.2. The zero-order valence-corrected chi connectivity index (χ0v) is 12.7. The molecule has 1 spiro atoms. The molecule has 3 fully saturated rings. The molecule has 3 rings (SSSR count). The molecule has 0 amide bonds. The molecule has 0 aromatic rings. The molecule has 0 aromatic heterocycles. The highest BCUT2D eigenvalue weighted by atomic mass is 16.5. The van der Waals surface area contributed by atoms with E-state index in [9.17, 15) is 0 Å². The lowest BCUT2D eigenvalue weighted by molar-refractivity contribution is -0.0311. The van der Waals surface area contributed by atoms with Crippen molar-refractivity contribution in [2.45, 2.75) is 70.0 Å². The maximum absolute atomic E-state index is 5.68. The Balaban J connectivity index is 1.77. The molecule has 1 saturated carbocycles. The molecule has 0 bridgehead atoms. The Morgan fingerprint density at radius 1 is 1.21 bits per heavy atom. The average molecular weight is 266 g/mol. The summed E-state index contributed by atoms with van der Waals surface area (Å²) < 4.78 is 5.68. The Kier molecular flexibility index (Phi) is 4.16. The van der Waals surface area contributed by atoms with Crippen LogP contribution < -0.4 is 5.32 Å². The Labute approximate surface area is 118 Å². The lowest BCUT2D eigenvalue weighted by atomic mass is 9.76. The molecule has 2 atom stereocenters. The molecule has 0 aromatic carbocycles. The summed E-state index contributed by atoms with van der Waals surface area (Å²) in [6.07, 6.45) is 8.29. The van der Waals surface area contributed by atoms with Crippen LogP contribution in [0.25, 0.3) is 0 Å². The van der Waals surface area contributed by atoms with Crippen molar-refractivity contribution in [2.24, 2.45) is 5.92 Å². The van der Waals surface area contributed by atoms with Crippen molar-refractivity contribution in [2.75, 3.05) is 26.3 Å². The zero-order chi connectivity index (χ0) is 13.3. The molecule has 1 N–H and O–H groups in total. The van der Waals surface area contributed by atoms with Gasteiger partial charge in [0.25, 0.3) is 0 Å². The van der Waals surface area contributed by atoms with Crippen LogP contribution in [0.4, 0.5) is 0 Å². The zero-order valence-electron chi connectivity index (χ0n) is 12.7. The largest absolute Gasteiger partial charge is 0.380 e. The topological polar surface area (TPSA) is 24.5 Å². The predicted molar refractivity (Wildman–Crippen MR) is 78.4 cm³/mol. The summed E-state index contributed by atoms with van der Waals surface area (Å²) in [7, 11) is 0. The van der Waals surface area contributed by atoms with Crippen LogP contribution in [0.1, 0.15) is 52.4 Å². The van der Waals surface area contributed by atoms with Gasteiger partial charge >= 0.3 is 0 Å². The molecule has 2 heterocycles. The van der Waals surface area contributed by atoms with Gasteiger partial charge in [-0.2, -0.15) is 0 Å². The van der Waals surface area contributed by atoms with Gasteiger partial charge in [-0.05, 0) is 25.2 Å². The Hall–Kier alpha value is -0.120. The second kappa shape index (κ2) is 5.71. The fourth-order valence-corrected chi connectivity index (χ4v) is 4.32. The van der Waals surface area contributed by atoms with Crippen molar-refractivity contribution < 1.29 is 4.74 Å². The molecule has 3 nitrogen and oxygen atoms in total. The van der Waals surface area contributed by atoms with E-state index in [4.69, 9.17) is 4.74 Å². The molecule has 19 heavy (non-hydrogen) atoms. The van der Waals surface area contributed by atoms with E-state index >= 15 is 0 Å². The van der Waals surface area contributed by atoms with Crippen LogP contribution in [0.5, 0.6) is 0 Å². The fraction of sp³-hybridized carbons (Fsp3) is 1.00. The van der Waals surface area contributed by atoms with Gasteiger partial charge in [0.05, 0.1) is 6.61 Å². The summed E-state index contributed by atoms with van der Waals surface area (Å²) in [5.74, 6) is 0.728. The van der Waals surface area contributed by atoms with E-state index in [1.165, 1.54) is 51.6 Å². The first-order valence-electron chi connectivity index (χ1n) is 8.29. The van der Waals surface area contributed by atoms with Gasteiger partial charge in [-0.3, -0.25) is 4.90 Å². The number of piperazine rings is 1. The van der Waals surface area contributed by atoms with Crippen LogP contribution in [0.2, 0.25) is 0 Å². The first-order chi connectivity index (χ1) is 9.21. The van der Waals surface area contributed by atoms with Gasteiger partial charge in [-0.15, -0.1) is 0 Å². The Morgan fingerprint density at radius 2 is 2.00 bits per heavy atom. The van der Waals surface area contributed by atoms with Crippen molar-refractivity contribution in [3.8, 4) is 0 Å². The summed E-state index contributed by atoms with van der Waals surface area (Å²) in [4.78, 5) is 2.86. The van der Waals surface area contributed by atoms with Crippen LogP contribution >= 0.6 is 0 Å². The molecule has 2 unspecified atom stereocenters. The summed E-state index contributed by atoms with van der Waals surface area (Å²) >= 11 is 0.